The number of amides is 2. The fourth-order valence-electron chi connectivity index (χ4n) is 2.47. The molecule has 1 aromatic carbocycles. The minimum absolute atomic E-state index is 0.190. The lowest BCUT2D eigenvalue weighted by atomic mass is 10.2. The highest BCUT2D eigenvalue weighted by Crippen LogP contribution is 2.37. The smallest absolute Gasteiger partial charge is 0.246 e. The third-order valence-corrected chi connectivity index (χ3v) is 4.97. The average molecular weight is 306 g/mol. The lowest BCUT2D eigenvalue weighted by Crippen LogP contribution is -2.40. The summed E-state index contributed by atoms with van der Waals surface area (Å²) >= 11 is 1.84. The molecule has 5 heteroatoms. The van der Waals surface area contributed by atoms with Gasteiger partial charge in [-0.1, -0.05) is 25.0 Å². The molecule has 1 aliphatic carbocycles. The number of hydrogen-bond acceptors (Lipinski definition) is 3. The molecule has 0 saturated heterocycles. The van der Waals surface area contributed by atoms with Gasteiger partial charge in [-0.3, -0.25) is 9.59 Å². The van der Waals surface area contributed by atoms with Gasteiger partial charge >= 0.3 is 0 Å². The molecule has 0 radical (unpaired) electrons. The van der Waals surface area contributed by atoms with Crippen molar-refractivity contribution in [1.82, 2.24) is 5.32 Å². The standard InChI is InChI=1S/C16H22N2O2S/c1-11(17-12(2)19)16(20)18-14-9-5-6-10-15(14)21-13-7-3-4-8-13/h5-6,9-11,13H,3-4,7-8H2,1-2H3,(H,17,19)(H,18,20). The van der Waals surface area contributed by atoms with Crippen LogP contribution in [-0.4, -0.2) is 23.1 Å². The van der Waals surface area contributed by atoms with Crippen molar-refractivity contribution in [2.24, 2.45) is 0 Å². The summed E-state index contributed by atoms with van der Waals surface area (Å²) in [5.41, 5.74) is 0.830. The molecule has 1 aromatic rings. The summed E-state index contributed by atoms with van der Waals surface area (Å²) in [6.07, 6.45) is 5.09. The van der Waals surface area contributed by atoms with E-state index in [1.807, 2.05) is 36.0 Å². The van der Waals surface area contributed by atoms with Gasteiger partial charge in [0.05, 0.1) is 5.69 Å². The monoisotopic (exact) mass is 306 g/mol. The Morgan fingerprint density at radius 2 is 1.90 bits per heavy atom. The molecule has 0 spiro atoms. The molecule has 0 aromatic heterocycles. The van der Waals surface area contributed by atoms with Gasteiger partial charge in [0.15, 0.2) is 0 Å². The molecule has 21 heavy (non-hydrogen) atoms. The van der Waals surface area contributed by atoms with E-state index in [-0.39, 0.29) is 11.8 Å². The maximum absolute atomic E-state index is 12.1. The van der Waals surface area contributed by atoms with E-state index in [1.54, 1.807) is 6.92 Å². The van der Waals surface area contributed by atoms with Crippen LogP contribution < -0.4 is 10.6 Å². The predicted octanol–water partition coefficient (Wildman–Crippen LogP) is 3.18. The number of carbonyl (C=O) groups excluding carboxylic acids is 2. The predicted molar refractivity (Wildman–Crippen MR) is 86.5 cm³/mol. The minimum atomic E-state index is -0.535. The first-order valence-electron chi connectivity index (χ1n) is 7.40. The van der Waals surface area contributed by atoms with Gasteiger partial charge in [0.25, 0.3) is 0 Å². The first-order valence-corrected chi connectivity index (χ1v) is 8.28. The highest BCUT2D eigenvalue weighted by Gasteiger charge is 2.19. The van der Waals surface area contributed by atoms with Crippen molar-refractivity contribution in [2.75, 3.05) is 5.32 Å². The summed E-state index contributed by atoms with van der Waals surface area (Å²) in [5.74, 6) is -0.393. The third kappa shape index (κ3) is 4.77. The first-order chi connectivity index (χ1) is 10.1. The molecule has 4 nitrogen and oxygen atoms in total. The largest absolute Gasteiger partial charge is 0.345 e. The van der Waals surface area contributed by atoms with E-state index in [0.29, 0.717) is 5.25 Å². The molecule has 1 saturated carbocycles. The van der Waals surface area contributed by atoms with Gasteiger partial charge in [-0.15, -0.1) is 11.8 Å². The highest BCUT2D eigenvalue weighted by molar-refractivity contribution is 8.00. The Bertz CT molecular complexity index is 513. The summed E-state index contributed by atoms with van der Waals surface area (Å²) in [5, 5.41) is 6.16. The molecule has 0 heterocycles. The molecule has 1 aliphatic rings. The Kier molecular flexibility index (Phi) is 5.67. The summed E-state index contributed by atoms with van der Waals surface area (Å²) in [6, 6.07) is 7.32. The van der Waals surface area contributed by atoms with Crippen molar-refractivity contribution in [3.63, 3.8) is 0 Å². The van der Waals surface area contributed by atoms with E-state index >= 15 is 0 Å². The van der Waals surface area contributed by atoms with Crippen molar-refractivity contribution in [3.05, 3.63) is 24.3 Å². The molecule has 114 valence electrons. The first kappa shape index (κ1) is 15.9. The van der Waals surface area contributed by atoms with Gasteiger partial charge in [0.2, 0.25) is 11.8 Å². The number of rotatable bonds is 5. The topological polar surface area (TPSA) is 58.2 Å². The molecule has 1 unspecified atom stereocenters. The molecule has 2 rings (SSSR count). The van der Waals surface area contributed by atoms with E-state index < -0.39 is 6.04 Å². The van der Waals surface area contributed by atoms with E-state index in [0.717, 1.165) is 10.6 Å². The van der Waals surface area contributed by atoms with E-state index in [1.165, 1.54) is 32.6 Å². The molecular formula is C16H22N2O2S. The van der Waals surface area contributed by atoms with Crippen molar-refractivity contribution in [3.8, 4) is 0 Å². The van der Waals surface area contributed by atoms with Crippen LogP contribution >= 0.6 is 11.8 Å². The molecule has 2 N–H and O–H groups in total. The van der Waals surface area contributed by atoms with Crippen LogP contribution in [0.1, 0.15) is 39.5 Å². The number of benzene rings is 1. The molecule has 1 fully saturated rings. The Hall–Kier alpha value is -1.49. The Balaban J connectivity index is 2.01. The third-order valence-electron chi connectivity index (χ3n) is 3.55. The SMILES string of the molecule is CC(=O)NC(C)C(=O)Nc1ccccc1SC1CCCC1. The van der Waals surface area contributed by atoms with E-state index in [2.05, 4.69) is 10.6 Å². The van der Waals surface area contributed by atoms with Crippen molar-refractivity contribution >= 4 is 29.3 Å². The fourth-order valence-corrected chi connectivity index (χ4v) is 3.80. The lowest BCUT2D eigenvalue weighted by Gasteiger charge is -2.16. The fraction of sp³-hybridized carbons (Fsp3) is 0.500. The molecule has 0 bridgehead atoms. The van der Waals surface area contributed by atoms with Crippen LogP contribution in [0.15, 0.2) is 29.2 Å². The number of anilines is 1. The molecule has 1 atom stereocenters. The lowest BCUT2D eigenvalue weighted by molar-refractivity contribution is -0.124. The van der Waals surface area contributed by atoms with Crippen molar-refractivity contribution < 1.29 is 9.59 Å². The van der Waals surface area contributed by atoms with Gasteiger partial charge in [0, 0.05) is 17.1 Å². The second kappa shape index (κ2) is 7.50. The van der Waals surface area contributed by atoms with E-state index in [4.69, 9.17) is 0 Å². The van der Waals surface area contributed by atoms with Crippen LogP contribution in [-0.2, 0) is 9.59 Å². The van der Waals surface area contributed by atoms with Crippen LogP contribution in [0.2, 0.25) is 0 Å². The second-order valence-electron chi connectivity index (χ2n) is 5.43. The summed E-state index contributed by atoms with van der Waals surface area (Å²) in [6.45, 7) is 3.09. The molecule has 2 amide bonds. The quantitative estimate of drug-likeness (QED) is 0.878. The van der Waals surface area contributed by atoms with Gasteiger partial charge in [-0.2, -0.15) is 0 Å². The Morgan fingerprint density at radius 1 is 1.24 bits per heavy atom. The zero-order valence-corrected chi connectivity index (χ0v) is 13.3. The van der Waals surface area contributed by atoms with Gasteiger partial charge < -0.3 is 10.6 Å². The van der Waals surface area contributed by atoms with Crippen LogP contribution in [0.4, 0.5) is 5.69 Å². The average Bonchev–Trinajstić information content (AvgIpc) is 2.93. The number of carbonyl (C=O) groups is 2. The Morgan fingerprint density at radius 3 is 2.57 bits per heavy atom. The maximum Gasteiger partial charge on any atom is 0.246 e. The van der Waals surface area contributed by atoms with Gasteiger partial charge in [-0.05, 0) is 31.9 Å². The zero-order chi connectivity index (χ0) is 15.2. The van der Waals surface area contributed by atoms with Crippen molar-refractivity contribution in [1.29, 1.82) is 0 Å². The number of hydrogen-bond donors (Lipinski definition) is 2. The number of thioether (sulfide) groups is 1. The zero-order valence-electron chi connectivity index (χ0n) is 12.5. The van der Waals surface area contributed by atoms with Crippen LogP contribution in [0, 0.1) is 0 Å². The van der Waals surface area contributed by atoms with Crippen molar-refractivity contribution in [2.45, 2.75) is 55.7 Å². The summed E-state index contributed by atoms with van der Waals surface area (Å²) in [7, 11) is 0. The summed E-state index contributed by atoms with van der Waals surface area (Å²) in [4.78, 5) is 24.2. The summed E-state index contributed by atoms with van der Waals surface area (Å²) < 4.78 is 0. The molecule has 0 aliphatic heterocycles. The highest BCUT2D eigenvalue weighted by atomic mass is 32.2. The second-order valence-corrected chi connectivity index (χ2v) is 6.77. The van der Waals surface area contributed by atoms with E-state index in [9.17, 15) is 9.59 Å². The van der Waals surface area contributed by atoms with Crippen LogP contribution in [0.25, 0.3) is 0 Å². The molecular weight excluding hydrogens is 284 g/mol. The normalized spacial score (nSPS) is 16.5. The Labute approximate surface area is 130 Å². The number of nitrogens with one attached hydrogen (secondary N) is 2. The van der Waals surface area contributed by atoms with Gasteiger partial charge in [0.1, 0.15) is 6.04 Å². The minimum Gasteiger partial charge on any atom is -0.345 e. The maximum atomic E-state index is 12.1. The number of para-hydroxylation sites is 1. The van der Waals surface area contributed by atoms with Gasteiger partial charge in [-0.25, -0.2) is 0 Å². The van der Waals surface area contributed by atoms with Crippen LogP contribution in [0.3, 0.4) is 0 Å². The van der Waals surface area contributed by atoms with Crippen LogP contribution in [0.5, 0.6) is 0 Å².